The lowest BCUT2D eigenvalue weighted by Crippen LogP contribution is -2.23. The van der Waals surface area contributed by atoms with E-state index < -0.39 is 5.97 Å². The van der Waals surface area contributed by atoms with Crippen molar-refractivity contribution in [1.82, 2.24) is 0 Å². The van der Waals surface area contributed by atoms with Crippen LogP contribution in [0.2, 0.25) is 0 Å². The quantitative estimate of drug-likeness (QED) is 0.912. The number of anilines is 1. The number of carbonyl (C=O) groups is 2. The van der Waals surface area contributed by atoms with Crippen LogP contribution in [0.4, 0.5) is 5.69 Å². The molecule has 0 aliphatic carbocycles. The van der Waals surface area contributed by atoms with E-state index in [0.29, 0.717) is 11.4 Å². The molecule has 1 amide bonds. The lowest BCUT2D eigenvalue weighted by Gasteiger charge is -2.18. The number of hydrogen-bond donors (Lipinski definition) is 1. The SMILES string of the molecule is CC1=C(C(=O)O)CC(=O)N1c1ccc(Br)cc1. The van der Waals surface area contributed by atoms with Crippen molar-refractivity contribution < 1.29 is 14.7 Å². The van der Waals surface area contributed by atoms with E-state index in [9.17, 15) is 9.59 Å². The van der Waals surface area contributed by atoms with E-state index in [1.165, 1.54) is 4.90 Å². The number of nitrogens with zero attached hydrogens (tertiary/aromatic N) is 1. The third-order valence-corrected chi connectivity index (χ3v) is 3.22. The molecule has 1 N–H and O–H groups in total. The Bertz CT molecular complexity index is 519. The topological polar surface area (TPSA) is 57.6 Å². The van der Waals surface area contributed by atoms with Crippen LogP contribution in [-0.4, -0.2) is 17.0 Å². The molecule has 0 spiro atoms. The summed E-state index contributed by atoms with van der Waals surface area (Å²) in [5.41, 5.74) is 1.34. The summed E-state index contributed by atoms with van der Waals surface area (Å²) in [5.74, 6) is -1.24. The number of carbonyl (C=O) groups excluding carboxylic acids is 1. The van der Waals surface area contributed by atoms with E-state index in [1.807, 2.05) is 12.1 Å². The summed E-state index contributed by atoms with van der Waals surface area (Å²) in [7, 11) is 0. The molecule has 0 unspecified atom stereocenters. The molecule has 0 radical (unpaired) electrons. The van der Waals surface area contributed by atoms with Gasteiger partial charge in [0.1, 0.15) is 0 Å². The molecule has 1 aromatic rings. The fraction of sp³-hybridized carbons (Fsp3) is 0.167. The highest BCUT2D eigenvalue weighted by Gasteiger charge is 2.31. The molecule has 0 saturated heterocycles. The van der Waals surface area contributed by atoms with Crippen LogP contribution in [0.3, 0.4) is 0 Å². The van der Waals surface area contributed by atoms with Crippen molar-refractivity contribution in [1.29, 1.82) is 0 Å². The molecule has 1 aliphatic heterocycles. The first kappa shape index (κ1) is 11.9. The average molecular weight is 296 g/mol. The molecule has 0 atom stereocenters. The largest absolute Gasteiger partial charge is 0.478 e. The summed E-state index contributed by atoms with van der Waals surface area (Å²) in [6, 6.07) is 7.18. The lowest BCUT2D eigenvalue weighted by molar-refractivity contribution is -0.133. The van der Waals surface area contributed by atoms with Gasteiger partial charge in [-0.15, -0.1) is 0 Å². The molecule has 1 aliphatic rings. The van der Waals surface area contributed by atoms with Gasteiger partial charge in [-0.2, -0.15) is 0 Å². The van der Waals surface area contributed by atoms with E-state index in [0.717, 1.165) is 4.47 Å². The minimum absolute atomic E-state index is 0.0444. The molecule has 0 fully saturated rings. The van der Waals surface area contributed by atoms with Crippen LogP contribution in [0.1, 0.15) is 13.3 Å². The second kappa shape index (κ2) is 4.33. The zero-order chi connectivity index (χ0) is 12.6. The van der Waals surface area contributed by atoms with Crippen molar-refractivity contribution in [2.75, 3.05) is 4.90 Å². The maximum absolute atomic E-state index is 11.8. The van der Waals surface area contributed by atoms with Gasteiger partial charge in [0.15, 0.2) is 0 Å². The van der Waals surface area contributed by atoms with Gasteiger partial charge in [0.25, 0.3) is 0 Å². The third-order valence-electron chi connectivity index (χ3n) is 2.69. The van der Waals surface area contributed by atoms with Crippen LogP contribution in [0.5, 0.6) is 0 Å². The van der Waals surface area contributed by atoms with Gasteiger partial charge in [-0.3, -0.25) is 9.69 Å². The second-order valence-corrected chi connectivity index (χ2v) is 4.67. The van der Waals surface area contributed by atoms with E-state index in [4.69, 9.17) is 5.11 Å². The standard InChI is InChI=1S/C12H10BrNO3/c1-7-10(12(16)17)6-11(15)14(7)9-4-2-8(13)3-5-9/h2-5H,6H2,1H3,(H,16,17). The predicted molar refractivity (Wildman–Crippen MR) is 66.6 cm³/mol. The van der Waals surface area contributed by atoms with Gasteiger partial charge in [-0.05, 0) is 31.2 Å². The third kappa shape index (κ3) is 2.10. The van der Waals surface area contributed by atoms with Gasteiger partial charge in [0.2, 0.25) is 5.91 Å². The van der Waals surface area contributed by atoms with Crippen LogP contribution in [-0.2, 0) is 9.59 Å². The molecule has 4 nitrogen and oxygen atoms in total. The number of aliphatic carboxylic acids is 1. The van der Waals surface area contributed by atoms with Gasteiger partial charge in [-0.1, -0.05) is 15.9 Å². The summed E-state index contributed by atoms with van der Waals surface area (Å²) >= 11 is 3.31. The van der Waals surface area contributed by atoms with Crippen molar-refractivity contribution in [3.8, 4) is 0 Å². The summed E-state index contributed by atoms with van der Waals surface area (Å²) in [4.78, 5) is 24.2. The van der Waals surface area contributed by atoms with Gasteiger partial charge in [0.05, 0.1) is 12.0 Å². The highest BCUT2D eigenvalue weighted by Crippen LogP contribution is 2.30. The summed E-state index contributed by atoms with van der Waals surface area (Å²) in [5, 5.41) is 8.97. The number of amides is 1. The second-order valence-electron chi connectivity index (χ2n) is 3.75. The number of carboxylic acid groups (broad SMARTS) is 1. The normalized spacial score (nSPS) is 15.6. The smallest absolute Gasteiger partial charge is 0.333 e. The monoisotopic (exact) mass is 295 g/mol. The fourth-order valence-electron chi connectivity index (χ4n) is 1.84. The Hall–Kier alpha value is -1.62. The first-order chi connectivity index (χ1) is 8.00. The maximum atomic E-state index is 11.8. The number of rotatable bonds is 2. The Kier molecular flexibility index (Phi) is 3.02. The van der Waals surface area contributed by atoms with E-state index in [1.54, 1.807) is 19.1 Å². The molecular weight excluding hydrogens is 286 g/mol. The molecule has 88 valence electrons. The van der Waals surface area contributed by atoms with E-state index in [-0.39, 0.29) is 17.9 Å². The van der Waals surface area contributed by atoms with Gasteiger partial charge >= 0.3 is 5.97 Å². The molecule has 0 bridgehead atoms. The van der Waals surface area contributed by atoms with E-state index in [2.05, 4.69) is 15.9 Å². The summed E-state index contributed by atoms with van der Waals surface area (Å²) in [6.07, 6.45) is -0.0444. The summed E-state index contributed by atoms with van der Waals surface area (Å²) < 4.78 is 0.910. The minimum atomic E-state index is -1.03. The molecule has 1 aromatic carbocycles. The van der Waals surface area contributed by atoms with Gasteiger partial charge in [0, 0.05) is 15.9 Å². The number of hydrogen-bond acceptors (Lipinski definition) is 2. The zero-order valence-electron chi connectivity index (χ0n) is 9.11. The highest BCUT2D eigenvalue weighted by molar-refractivity contribution is 9.10. The highest BCUT2D eigenvalue weighted by atomic mass is 79.9. The van der Waals surface area contributed by atoms with Crippen molar-refractivity contribution >= 4 is 33.5 Å². The van der Waals surface area contributed by atoms with Crippen LogP contribution >= 0.6 is 15.9 Å². The molecule has 1 heterocycles. The molecule has 0 aromatic heterocycles. The average Bonchev–Trinajstić information content (AvgIpc) is 2.56. The van der Waals surface area contributed by atoms with Crippen molar-refractivity contribution in [3.63, 3.8) is 0 Å². The van der Waals surface area contributed by atoms with Crippen molar-refractivity contribution in [2.24, 2.45) is 0 Å². The van der Waals surface area contributed by atoms with Crippen molar-refractivity contribution in [2.45, 2.75) is 13.3 Å². The number of benzene rings is 1. The van der Waals surface area contributed by atoms with Gasteiger partial charge < -0.3 is 5.11 Å². The number of allylic oxidation sites excluding steroid dienone is 1. The molecule has 5 heteroatoms. The number of carboxylic acids is 1. The Morgan fingerprint density at radius 3 is 2.41 bits per heavy atom. The molecule has 17 heavy (non-hydrogen) atoms. The molecule has 0 saturated carbocycles. The molecular formula is C12H10BrNO3. The maximum Gasteiger partial charge on any atom is 0.333 e. The lowest BCUT2D eigenvalue weighted by atomic mass is 10.2. The Labute approximate surface area is 107 Å². The Morgan fingerprint density at radius 2 is 1.94 bits per heavy atom. The Balaban J connectivity index is 2.42. The van der Waals surface area contributed by atoms with Crippen LogP contribution in [0.15, 0.2) is 40.0 Å². The first-order valence-electron chi connectivity index (χ1n) is 5.02. The number of halogens is 1. The Morgan fingerprint density at radius 1 is 1.35 bits per heavy atom. The molecule has 2 rings (SSSR count). The van der Waals surface area contributed by atoms with Crippen LogP contribution in [0, 0.1) is 0 Å². The van der Waals surface area contributed by atoms with E-state index >= 15 is 0 Å². The first-order valence-corrected chi connectivity index (χ1v) is 5.81. The zero-order valence-corrected chi connectivity index (χ0v) is 10.7. The predicted octanol–water partition coefficient (Wildman–Crippen LogP) is 2.54. The van der Waals surface area contributed by atoms with Gasteiger partial charge in [-0.25, -0.2) is 4.79 Å². The fourth-order valence-corrected chi connectivity index (χ4v) is 2.10. The minimum Gasteiger partial charge on any atom is -0.478 e. The summed E-state index contributed by atoms with van der Waals surface area (Å²) in [6.45, 7) is 1.65. The van der Waals surface area contributed by atoms with Crippen LogP contribution < -0.4 is 4.90 Å². The van der Waals surface area contributed by atoms with Crippen molar-refractivity contribution in [3.05, 3.63) is 40.0 Å². The van der Waals surface area contributed by atoms with Crippen LogP contribution in [0.25, 0.3) is 0 Å².